The van der Waals surface area contributed by atoms with Crippen LogP contribution in [-0.4, -0.2) is 49.5 Å². The van der Waals surface area contributed by atoms with Gasteiger partial charge >= 0.3 is 0 Å². The van der Waals surface area contributed by atoms with Crippen LogP contribution in [0.3, 0.4) is 0 Å². The van der Waals surface area contributed by atoms with Crippen LogP contribution >= 0.6 is 11.6 Å². The van der Waals surface area contributed by atoms with Crippen LogP contribution in [0.4, 0.5) is 0 Å². The van der Waals surface area contributed by atoms with E-state index in [4.69, 9.17) is 31.5 Å². The van der Waals surface area contributed by atoms with Gasteiger partial charge in [-0.1, -0.05) is 11.6 Å². The van der Waals surface area contributed by atoms with Crippen molar-refractivity contribution >= 4 is 11.6 Å². The molecule has 1 saturated heterocycles. The second-order valence-electron chi connectivity index (χ2n) is 7.57. The van der Waals surface area contributed by atoms with E-state index in [1.807, 2.05) is 29.9 Å². The fraction of sp³-hybridized carbons (Fsp3) is 0.476. The van der Waals surface area contributed by atoms with Gasteiger partial charge in [-0.25, -0.2) is 9.67 Å². The summed E-state index contributed by atoms with van der Waals surface area (Å²) in [5.74, 6) is 1.95. The quantitative estimate of drug-likeness (QED) is 0.663. The largest absolute Gasteiger partial charge is 0.394 e. The van der Waals surface area contributed by atoms with Gasteiger partial charge in [-0.2, -0.15) is 10.2 Å². The van der Waals surface area contributed by atoms with Crippen molar-refractivity contribution in [2.75, 3.05) is 19.8 Å². The highest BCUT2D eigenvalue weighted by atomic mass is 35.5. The molecule has 3 aromatic rings. The van der Waals surface area contributed by atoms with E-state index in [-0.39, 0.29) is 12.6 Å². The average Bonchev–Trinajstić information content (AvgIpc) is 3.38. The minimum atomic E-state index is 0.0407. The molecule has 0 aliphatic carbocycles. The van der Waals surface area contributed by atoms with Crippen LogP contribution in [0.2, 0.25) is 5.02 Å². The second-order valence-corrected chi connectivity index (χ2v) is 7.98. The van der Waals surface area contributed by atoms with Gasteiger partial charge in [-0.3, -0.25) is 4.68 Å². The summed E-state index contributed by atoms with van der Waals surface area (Å²) in [7, 11) is 0. The number of aryl methyl sites for hydroxylation is 1. The Kier molecular flexibility index (Phi) is 5.99. The van der Waals surface area contributed by atoms with Gasteiger partial charge in [0.1, 0.15) is 0 Å². The van der Waals surface area contributed by atoms with Gasteiger partial charge in [-0.05, 0) is 56.4 Å². The first kappa shape index (κ1) is 20.1. The zero-order valence-corrected chi connectivity index (χ0v) is 17.5. The molecule has 0 bridgehead atoms. The van der Waals surface area contributed by atoms with E-state index >= 15 is 0 Å². The molecule has 154 valence electrons. The lowest BCUT2D eigenvalue weighted by Crippen LogP contribution is -2.25. The number of rotatable bonds is 6. The molecule has 7 nitrogen and oxygen atoms in total. The number of ether oxygens (including phenoxy) is 1. The predicted molar refractivity (Wildman–Crippen MR) is 112 cm³/mol. The van der Waals surface area contributed by atoms with Crippen LogP contribution in [0, 0.1) is 12.8 Å². The van der Waals surface area contributed by atoms with Crippen molar-refractivity contribution in [3.63, 3.8) is 0 Å². The number of benzene rings is 1. The Labute approximate surface area is 175 Å². The summed E-state index contributed by atoms with van der Waals surface area (Å²) in [5.41, 5.74) is 2.84. The van der Waals surface area contributed by atoms with Crippen LogP contribution in [0.1, 0.15) is 31.4 Å². The SMILES string of the molecule is Cc1cc(-c2nc(-c3cnn(CCO)c3)nn2C(C)C2CCOCC2)ccc1Cl. The van der Waals surface area contributed by atoms with E-state index in [9.17, 15) is 0 Å². The lowest BCUT2D eigenvalue weighted by Gasteiger charge is -2.28. The highest BCUT2D eigenvalue weighted by Gasteiger charge is 2.26. The maximum absolute atomic E-state index is 9.14. The molecular weight excluding hydrogens is 390 g/mol. The minimum Gasteiger partial charge on any atom is -0.394 e. The van der Waals surface area contributed by atoms with Gasteiger partial charge < -0.3 is 9.84 Å². The van der Waals surface area contributed by atoms with Crippen LogP contribution in [0.5, 0.6) is 0 Å². The zero-order valence-electron chi connectivity index (χ0n) is 16.8. The maximum Gasteiger partial charge on any atom is 0.184 e. The van der Waals surface area contributed by atoms with Crippen molar-refractivity contribution in [3.05, 3.63) is 41.2 Å². The predicted octanol–water partition coefficient (Wildman–Crippen LogP) is 3.75. The van der Waals surface area contributed by atoms with E-state index in [2.05, 4.69) is 18.1 Å². The molecule has 1 aliphatic rings. The third kappa shape index (κ3) is 4.22. The van der Waals surface area contributed by atoms with E-state index in [0.29, 0.717) is 18.3 Å². The smallest absolute Gasteiger partial charge is 0.184 e. The third-order valence-corrected chi connectivity index (χ3v) is 6.03. The zero-order chi connectivity index (χ0) is 20.4. The number of nitrogens with zero attached hydrogens (tertiary/aromatic N) is 5. The maximum atomic E-state index is 9.14. The van der Waals surface area contributed by atoms with Crippen LogP contribution < -0.4 is 0 Å². The molecule has 3 heterocycles. The normalized spacial score (nSPS) is 16.3. The van der Waals surface area contributed by atoms with Crippen molar-refractivity contribution in [3.8, 4) is 22.8 Å². The van der Waals surface area contributed by atoms with E-state index < -0.39 is 0 Å². The molecule has 1 unspecified atom stereocenters. The molecule has 1 aromatic carbocycles. The molecule has 1 atom stereocenters. The molecule has 0 amide bonds. The first-order valence-corrected chi connectivity index (χ1v) is 10.4. The van der Waals surface area contributed by atoms with E-state index in [0.717, 1.165) is 53.6 Å². The monoisotopic (exact) mass is 415 g/mol. The Morgan fingerprint density at radius 1 is 1.28 bits per heavy atom. The summed E-state index contributed by atoms with van der Waals surface area (Å²) in [6.07, 6.45) is 5.64. The molecule has 1 N–H and O–H groups in total. The highest BCUT2D eigenvalue weighted by Crippen LogP contribution is 2.33. The Hall–Kier alpha value is -2.22. The number of aliphatic hydroxyl groups is 1. The van der Waals surface area contributed by atoms with Gasteiger partial charge in [0, 0.05) is 30.0 Å². The summed E-state index contributed by atoms with van der Waals surface area (Å²) in [6.45, 7) is 6.27. The van der Waals surface area contributed by atoms with Crippen molar-refractivity contribution < 1.29 is 9.84 Å². The summed E-state index contributed by atoms with van der Waals surface area (Å²) in [5, 5.41) is 19.0. The van der Waals surface area contributed by atoms with Gasteiger partial charge in [0.15, 0.2) is 11.6 Å². The van der Waals surface area contributed by atoms with E-state index in [1.165, 1.54) is 0 Å². The summed E-state index contributed by atoms with van der Waals surface area (Å²) >= 11 is 6.24. The van der Waals surface area contributed by atoms with E-state index in [1.54, 1.807) is 10.9 Å². The number of hydrogen-bond acceptors (Lipinski definition) is 5. The molecular formula is C21H26ClN5O2. The molecule has 0 radical (unpaired) electrons. The van der Waals surface area contributed by atoms with Gasteiger partial charge in [0.2, 0.25) is 0 Å². The van der Waals surface area contributed by atoms with Crippen LogP contribution in [0.15, 0.2) is 30.6 Å². The standard InChI is InChI=1S/C21H26ClN5O2/c1-14-11-17(3-4-19(14)22)21-24-20(18-12-23-26(13-18)7-8-28)25-27(21)15(2)16-5-9-29-10-6-16/h3-4,11-13,15-16,28H,5-10H2,1-2H3. The number of aliphatic hydroxyl groups excluding tert-OH is 1. The molecule has 0 spiro atoms. The summed E-state index contributed by atoms with van der Waals surface area (Å²) in [6, 6.07) is 6.14. The lowest BCUT2D eigenvalue weighted by molar-refractivity contribution is 0.0498. The fourth-order valence-electron chi connectivity index (χ4n) is 3.81. The molecule has 8 heteroatoms. The van der Waals surface area contributed by atoms with Crippen molar-refractivity contribution in [1.82, 2.24) is 24.5 Å². The molecule has 29 heavy (non-hydrogen) atoms. The Bertz CT molecular complexity index is 977. The lowest BCUT2D eigenvalue weighted by atomic mass is 9.93. The van der Waals surface area contributed by atoms with Crippen LogP contribution in [0.25, 0.3) is 22.8 Å². The fourth-order valence-corrected chi connectivity index (χ4v) is 3.93. The Balaban J connectivity index is 1.75. The highest BCUT2D eigenvalue weighted by molar-refractivity contribution is 6.31. The molecule has 2 aromatic heterocycles. The first-order valence-electron chi connectivity index (χ1n) is 10.0. The van der Waals surface area contributed by atoms with Gasteiger partial charge in [0.25, 0.3) is 0 Å². The number of hydrogen-bond donors (Lipinski definition) is 1. The minimum absolute atomic E-state index is 0.0407. The van der Waals surface area contributed by atoms with Gasteiger partial charge in [-0.15, -0.1) is 0 Å². The topological polar surface area (TPSA) is 78.0 Å². The molecule has 4 rings (SSSR count). The number of halogens is 1. The number of aromatic nitrogens is 5. The molecule has 1 aliphatic heterocycles. The van der Waals surface area contributed by atoms with Gasteiger partial charge in [0.05, 0.1) is 31.0 Å². The third-order valence-electron chi connectivity index (χ3n) is 5.60. The molecule has 1 fully saturated rings. The summed E-state index contributed by atoms with van der Waals surface area (Å²) < 4.78 is 9.28. The first-order chi connectivity index (χ1) is 14.1. The second kappa shape index (κ2) is 8.65. The Morgan fingerprint density at radius 3 is 2.79 bits per heavy atom. The van der Waals surface area contributed by atoms with Crippen molar-refractivity contribution in [2.24, 2.45) is 5.92 Å². The van der Waals surface area contributed by atoms with Crippen molar-refractivity contribution in [2.45, 2.75) is 39.3 Å². The van der Waals surface area contributed by atoms with Crippen molar-refractivity contribution in [1.29, 1.82) is 0 Å². The average molecular weight is 416 g/mol. The molecule has 0 saturated carbocycles. The summed E-state index contributed by atoms with van der Waals surface area (Å²) in [4.78, 5) is 4.87. The van der Waals surface area contributed by atoms with Crippen LogP contribution in [-0.2, 0) is 11.3 Å². The Morgan fingerprint density at radius 2 is 2.07 bits per heavy atom.